The topological polar surface area (TPSA) is 77.0 Å². The van der Waals surface area contributed by atoms with Crippen molar-refractivity contribution in [2.24, 2.45) is 0 Å². The summed E-state index contributed by atoms with van der Waals surface area (Å²) in [7, 11) is 0. The first-order valence-corrected chi connectivity index (χ1v) is 7.68. The monoisotopic (exact) mass is 329 g/mol. The highest BCUT2D eigenvalue weighted by atomic mass is 16.7. The summed E-state index contributed by atoms with van der Waals surface area (Å²) in [5.41, 5.74) is 1.53. The van der Waals surface area contributed by atoms with Crippen molar-refractivity contribution in [2.75, 3.05) is 6.79 Å². The van der Waals surface area contributed by atoms with E-state index in [1.807, 2.05) is 30.3 Å². The maximum absolute atomic E-state index is 11.9. The van der Waals surface area contributed by atoms with Crippen molar-refractivity contribution in [3.8, 4) is 11.5 Å². The zero-order chi connectivity index (χ0) is 16.9. The van der Waals surface area contributed by atoms with Crippen LogP contribution in [0.5, 0.6) is 11.5 Å². The molecule has 24 heavy (non-hydrogen) atoms. The number of alkyl carbamates (subject to hydrolysis) is 1. The molecule has 1 amide bonds. The maximum Gasteiger partial charge on any atom is 0.407 e. The van der Waals surface area contributed by atoms with E-state index in [1.165, 1.54) is 0 Å². The van der Waals surface area contributed by atoms with Crippen LogP contribution in [0.25, 0.3) is 0 Å². The summed E-state index contributed by atoms with van der Waals surface area (Å²) < 4.78 is 15.7. The van der Waals surface area contributed by atoms with Crippen LogP contribution in [-0.2, 0) is 11.3 Å². The minimum Gasteiger partial charge on any atom is -0.454 e. The summed E-state index contributed by atoms with van der Waals surface area (Å²) in [4.78, 5) is 11.9. The third-order valence-corrected chi connectivity index (χ3v) is 3.77. The van der Waals surface area contributed by atoms with Gasteiger partial charge in [0, 0.05) is 0 Å². The molecule has 0 radical (unpaired) electrons. The average molecular weight is 329 g/mol. The second-order valence-corrected chi connectivity index (χ2v) is 5.55. The molecule has 0 saturated heterocycles. The van der Waals surface area contributed by atoms with E-state index in [4.69, 9.17) is 14.2 Å². The second kappa shape index (κ2) is 7.23. The van der Waals surface area contributed by atoms with Crippen LogP contribution in [0, 0.1) is 0 Å². The Kier molecular flexibility index (Phi) is 4.86. The zero-order valence-electron chi connectivity index (χ0n) is 13.3. The van der Waals surface area contributed by atoms with Crippen molar-refractivity contribution in [3.63, 3.8) is 0 Å². The van der Waals surface area contributed by atoms with Gasteiger partial charge in [-0.15, -0.1) is 0 Å². The van der Waals surface area contributed by atoms with E-state index in [9.17, 15) is 9.90 Å². The van der Waals surface area contributed by atoms with Gasteiger partial charge < -0.3 is 24.6 Å². The van der Waals surface area contributed by atoms with Gasteiger partial charge in [0.05, 0.1) is 12.1 Å². The van der Waals surface area contributed by atoms with Crippen molar-refractivity contribution >= 4 is 6.09 Å². The number of aliphatic hydroxyl groups excluding tert-OH is 1. The molecule has 6 heteroatoms. The maximum atomic E-state index is 11.9. The van der Waals surface area contributed by atoms with E-state index in [1.54, 1.807) is 25.1 Å². The van der Waals surface area contributed by atoms with Crippen LogP contribution in [0.2, 0.25) is 0 Å². The summed E-state index contributed by atoms with van der Waals surface area (Å²) in [6, 6.07) is 14.1. The first kappa shape index (κ1) is 16.1. The van der Waals surface area contributed by atoms with Gasteiger partial charge in [-0.1, -0.05) is 36.4 Å². The lowest BCUT2D eigenvalue weighted by molar-refractivity contribution is 0.106. The first-order chi connectivity index (χ1) is 11.6. The molecule has 2 atom stereocenters. The lowest BCUT2D eigenvalue weighted by Crippen LogP contribution is -2.37. The molecule has 2 unspecified atom stereocenters. The normalized spacial score (nSPS) is 14.8. The number of rotatable bonds is 5. The molecule has 0 spiro atoms. The molecule has 0 aromatic heterocycles. The number of benzene rings is 2. The number of amides is 1. The van der Waals surface area contributed by atoms with Gasteiger partial charge in [-0.3, -0.25) is 0 Å². The molecule has 2 N–H and O–H groups in total. The Balaban J connectivity index is 1.53. The Morgan fingerprint density at radius 3 is 2.75 bits per heavy atom. The summed E-state index contributed by atoms with van der Waals surface area (Å²) in [6.45, 7) is 2.06. The molecule has 0 bridgehead atoms. The van der Waals surface area contributed by atoms with Crippen LogP contribution in [0.4, 0.5) is 4.79 Å². The highest BCUT2D eigenvalue weighted by Gasteiger charge is 2.22. The van der Waals surface area contributed by atoms with Crippen molar-refractivity contribution < 1.29 is 24.1 Å². The van der Waals surface area contributed by atoms with Gasteiger partial charge in [-0.05, 0) is 30.2 Å². The third-order valence-electron chi connectivity index (χ3n) is 3.77. The quantitative estimate of drug-likeness (QED) is 0.882. The number of nitrogens with one attached hydrogen (secondary N) is 1. The summed E-state index contributed by atoms with van der Waals surface area (Å²) >= 11 is 0. The van der Waals surface area contributed by atoms with Crippen LogP contribution in [0.1, 0.15) is 24.2 Å². The third kappa shape index (κ3) is 3.78. The number of hydrogen-bond acceptors (Lipinski definition) is 5. The number of fused-ring (bicyclic) bond motifs is 1. The zero-order valence-corrected chi connectivity index (χ0v) is 13.3. The van der Waals surface area contributed by atoms with E-state index in [0.717, 1.165) is 5.56 Å². The molecule has 2 aromatic rings. The second-order valence-electron chi connectivity index (χ2n) is 5.55. The predicted molar refractivity (Wildman–Crippen MR) is 86.7 cm³/mol. The first-order valence-electron chi connectivity index (χ1n) is 7.68. The fraction of sp³-hybridized carbons (Fsp3) is 0.278. The largest absolute Gasteiger partial charge is 0.454 e. The number of ether oxygens (including phenoxy) is 3. The van der Waals surface area contributed by atoms with E-state index >= 15 is 0 Å². The van der Waals surface area contributed by atoms with E-state index < -0.39 is 18.2 Å². The van der Waals surface area contributed by atoms with Gasteiger partial charge in [0.25, 0.3) is 0 Å². The van der Waals surface area contributed by atoms with Gasteiger partial charge in [0.15, 0.2) is 11.5 Å². The Labute approximate surface area is 140 Å². The lowest BCUT2D eigenvalue weighted by atomic mass is 10.0. The number of carbonyl (C=O) groups excluding carboxylic acids is 1. The molecule has 126 valence electrons. The molecule has 2 aromatic carbocycles. The predicted octanol–water partition coefficient (Wildman–Crippen LogP) is 2.76. The smallest absolute Gasteiger partial charge is 0.407 e. The number of carbonyl (C=O) groups is 1. The SMILES string of the molecule is CC(NC(=O)OCc1ccccc1)C(O)c1ccc2c(c1)OCO2. The number of hydrogen-bond donors (Lipinski definition) is 2. The molecule has 0 saturated carbocycles. The van der Waals surface area contributed by atoms with E-state index in [0.29, 0.717) is 17.1 Å². The molecule has 1 aliphatic rings. The van der Waals surface area contributed by atoms with E-state index in [2.05, 4.69) is 5.32 Å². The highest BCUT2D eigenvalue weighted by Crippen LogP contribution is 2.34. The number of aliphatic hydroxyl groups is 1. The van der Waals surface area contributed by atoms with Gasteiger partial charge >= 0.3 is 6.09 Å². The van der Waals surface area contributed by atoms with Crippen molar-refractivity contribution in [1.29, 1.82) is 0 Å². The van der Waals surface area contributed by atoms with Gasteiger partial charge in [0.2, 0.25) is 6.79 Å². The molecule has 3 rings (SSSR count). The van der Waals surface area contributed by atoms with Crippen molar-refractivity contribution in [3.05, 3.63) is 59.7 Å². The molecule has 1 heterocycles. The minimum absolute atomic E-state index is 0.175. The molecule has 6 nitrogen and oxygen atoms in total. The minimum atomic E-state index is -0.885. The fourth-order valence-corrected chi connectivity index (χ4v) is 2.42. The van der Waals surface area contributed by atoms with Crippen molar-refractivity contribution in [1.82, 2.24) is 5.32 Å². The van der Waals surface area contributed by atoms with Crippen molar-refractivity contribution in [2.45, 2.75) is 25.7 Å². The van der Waals surface area contributed by atoms with Crippen LogP contribution in [-0.4, -0.2) is 24.0 Å². The summed E-state index contributed by atoms with van der Waals surface area (Å²) in [6.07, 6.45) is -1.46. The Morgan fingerprint density at radius 2 is 1.96 bits per heavy atom. The van der Waals surface area contributed by atoms with Gasteiger partial charge in [-0.25, -0.2) is 4.79 Å². The lowest BCUT2D eigenvalue weighted by Gasteiger charge is -2.20. The Bertz CT molecular complexity index is 704. The standard InChI is InChI=1S/C18H19NO5/c1-12(19-18(21)22-10-13-5-3-2-4-6-13)17(20)14-7-8-15-16(9-14)24-11-23-15/h2-9,12,17,20H,10-11H2,1H3,(H,19,21). The van der Waals surface area contributed by atoms with Crippen LogP contribution in [0.15, 0.2) is 48.5 Å². The Hall–Kier alpha value is -2.73. The summed E-state index contributed by atoms with van der Waals surface area (Å²) in [5, 5.41) is 13.0. The average Bonchev–Trinajstić information content (AvgIpc) is 3.07. The molecule has 0 aliphatic carbocycles. The fourth-order valence-electron chi connectivity index (χ4n) is 2.42. The van der Waals surface area contributed by atoms with Gasteiger partial charge in [-0.2, -0.15) is 0 Å². The molecular weight excluding hydrogens is 310 g/mol. The van der Waals surface area contributed by atoms with E-state index in [-0.39, 0.29) is 13.4 Å². The molecule has 0 fully saturated rings. The van der Waals surface area contributed by atoms with Crippen LogP contribution in [0.3, 0.4) is 0 Å². The Morgan fingerprint density at radius 1 is 1.21 bits per heavy atom. The highest BCUT2D eigenvalue weighted by molar-refractivity contribution is 5.67. The van der Waals surface area contributed by atoms with Crippen LogP contribution < -0.4 is 14.8 Å². The summed E-state index contributed by atoms with van der Waals surface area (Å²) in [5.74, 6) is 1.24. The van der Waals surface area contributed by atoms with Crippen LogP contribution >= 0.6 is 0 Å². The molecular formula is C18H19NO5. The van der Waals surface area contributed by atoms with Gasteiger partial charge in [0.1, 0.15) is 6.61 Å². The molecule has 1 aliphatic heterocycles.